The first-order chi connectivity index (χ1) is 16.3. The molecule has 0 aliphatic carbocycles. The van der Waals surface area contributed by atoms with Crippen molar-refractivity contribution in [3.8, 4) is 0 Å². The summed E-state index contributed by atoms with van der Waals surface area (Å²) >= 11 is 0. The van der Waals surface area contributed by atoms with Crippen molar-refractivity contribution in [2.24, 2.45) is 5.92 Å². The van der Waals surface area contributed by atoms with E-state index in [0.717, 1.165) is 25.9 Å². The number of rotatable bonds is 14. The standard InChI is InChI=1S/C30H44O3Si/c1-26(17-11-7-8-16-22-32-25-31-6)23-27(2)24-33-34(30(3,4)5,28-18-12-9-13-19-28)29-20-14-10-15-21-29/h7,9-15,18-21,23,27H,8,16-17,22,24-25H2,1-6H3/b11-7+,26-23-/t27-/m1/s1. The third kappa shape index (κ3) is 8.35. The van der Waals surface area contributed by atoms with Gasteiger partial charge in [0.25, 0.3) is 8.32 Å². The summed E-state index contributed by atoms with van der Waals surface area (Å²) in [6.07, 6.45) is 9.90. The molecule has 0 heterocycles. The Bertz CT molecular complexity index is 829. The van der Waals surface area contributed by atoms with Crippen LogP contribution < -0.4 is 10.4 Å². The van der Waals surface area contributed by atoms with E-state index < -0.39 is 8.32 Å². The number of methoxy groups -OCH3 is 1. The van der Waals surface area contributed by atoms with Gasteiger partial charge in [0.15, 0.2) is 0 Å². The molecule has 0 aliphatic heterocycles. The molecule has 0 saturated heterocycles. The molecule has 0 aliphatic rings. The number of unbranched alkanes of at least 4 members (excludes halogenated alkanes) is 1. The zero-order valence-electron chi connectivity index (χ0n) is 22.1. The third-order valence-electron chi connectivity index (χ3n) is 6.02. The summed E-state index contributed by atoms with van der Waals surface area (Å²) in [5.41, 5.74) is 1.38. The lowest BCUT2D eigenvalue weighted by atomic mass is 10.1. The fourth-order valence-corrected chi connectivity index (χ4v) is 9.12. The second kappa shape index (κ2) is 14.4. The van der Waals surface area contributed by atoms with Gasteiger partial charge in [0, 0.05) is 20.3 Å². The van der Waals surface area contributed by atoms with Crippen LogP contribution in [0.1, 0.15) is 53.9 Å². The van der Waals surface area contributed by atoms with Gasteiger partial charge in [0.2, 0.25) is 0 Å². The smallest absolute Gasteiger partial charge is 0.261 e. The zero-order valence-corrected chi connectivity index (χ0v) is 23.1. The summed E-state index contributed by atoms with van der Waals surface area (Å²) in [5.74, 6) is 0.345. The summed E-state index contributed by atoms with van der Waals surface area (Å²) in [6.45, 7) is 13.3. The molecule has 0 saturated carbocycles. The van der Waals surface area contributed by atoms with Crippen molar-refractivity contribution in [3.05, 3.63) is 84.5 Å². The van der Waals surface area contributed by atoms with Gasteiger partial charge in [0.05, 0.1) is 0 Å². The summed E-state index contributed by atoms with van der Waals surface area (Å²) in [7, 11) is -0.829. The summed E-state index contributed by atoms with van der Waals surface area (Å²) in [5, 5.41) is 2.67. The maximum atomic E-state index is 7.07. The molecule has 2 rings (SSSR count). The van der Waals surface area contributed by atoms with Crippen molar-refractivity contribution >= 4 is 18.7 Å². The fraction of sp³-hybridized carbons (Fsp3) is 0.467. The van der Waals surface area contributed by atoms with E-state index >= 15 is 0 Å². The van der Waals surface area contributed by atoms with Crippen molar-refractivity contribution in [3.63, 3.8) is 0 Å². The van der Waals surface area contributed by atoms with E-state index in [4.69, 9.17) is 13.9 Å². The minimum absolute atomic E-state index is 0.00386. The first-order valence-electron chi connectivity index (χ1n) is 12.4. The topological polar surface area (TPSA) is 27.7 Å². The molecule has 0 N–H and O–H groups in total. The van der Waals surface area contributed by atoms with Crippen molar-refractivity contribution in [1.82, 2.24) is 0 Å². The Hall–Kier alpha value is -1.98. The largest absolute Gasteiger partial charge is 0.407 e. The van der Waals surface area contributed by atoms with Gasteiger partial charge in [-0.15, -0.1) is 0 Å². The molecule has 3 nitrogen and oxygen atoms in total. The number of ether oxygens (including phenoxy) is 2. The van der Waals surface area contributed by atoms with Crippen molar-refractivity contribution in [1.29, 1.82) is 0 Å². The molecule has 186 valence electrons. The van der Waals surface area contributed by atoms with Crippen LogP contribution in [0.15, 0.2) is 84.5 Å². The van der Waals surface area contributed by atoms with Gasteiger partial charge in [-0.25, -0.2) is 0 Å². The average Bonchev–Trinajstić information content (AvgIpc) is 2.81. The van der Waals surface area contributed by atoms with Gasteiger partial charge in [-0.3, -0.25) is 0 Å². The highest BCUT2D eigenvalue weighted by molar-refractivity contribution is 6.99. The Labute approximate surface area is 209 Å². The van der Waals surface area contributed by atoms with Crippen LogP contribution in [0.3, 0.4) is 0 Å². The van der Waals surface area contributed by atoms with E-state index in [1.165, 1.54) is 15.9 Å². The number of allylic oxidation sites excluding steroid dienone is 3. The lowest BCUT2D eigenvalue weighted by Crippen LogP contribution is -2.66. The summed E-state index contributed by atoms with van der Waals surface area (Å²) in [6, 6.07) is 21.7. The SMILES string of the molecule is COCOCCC/C=C/C/C(C)=C\[C@@H](C)CO[Si](c1ccccc1)(c1ccccc1)C(C)(C)C. The Morgan fingerprint density at radius 2 is 1.53 bits per heavy atom. The van der Waals surface area contributed by atoms with Crippen LogP contribution in [0.5, 0.6) is 0 Å². The van der Waals surface area contributed by atoms with Crippen LogP contribution in [0.25, 0.3) is 0 Å². The van der Waals surface area contributed by atoms with Crippen LogP contribution >= 0.6 is 0 Å². The molecule has 0 radical (unpaired) electrons. The molecular weight excluding hydrogens is 436 g/mol. The highest BCUT2D eigenvalue weighted by atomic mass is 28.4. The quantitative estimate of drug-likeness (QED) is 0.134. The third-order valence-corrected chi connectivity index (χ3v) is 11.0. The molecule has 0 bridgehead atoms. The molecule has 2 aromatic rings. The second-order valence-corrected chi connectivity index (χ2v) is 14.4. The lowest BCUT2D eigenvalue weighted by Gasteiger charge is -2.43. The first kappa shape index (κ1) is 28.3. The van der Waals surface area contributed by atoms with Crippen LogP contribution in [0, 0.1) is 5.92 Å². The minimum Gasteiger partial charge on any atom is -0.407 e. The number of hydrogen-bond donors (Lipinski definition) is 0. The minimum atomic E-state index is -2.48. The molecule has 0 unspecified atom stereocenters. The molecule has 0 fully saturated rings. The zero-order chi connectivity index (χ0) is 24.9. The molecule has 0 amide bonds. The van der Waals surface area contributed by atoms with Gasteiger partial charge >= 0.3 is 0 Å². The van der Waals surface area contributed by atoms with Crippen molar-refractivity contribution in [2.45, 2.75) is 58.9 Å². The van der Waals surface area contributed by atoms with Gasteiger partial charge in [-0.05, 0) is 47.5 Å². The van der Waals surface area contributed by atoms with Crippen molar-refractivity contribution < 1.29 is 13.9 Å². The summed E-state index contributed by atoms with van der Waals surface area (Å²) in [4.78, 5) is 0. The predicted octanol–water partition coefficient (Wildman–Crippen LogP) is 6.49. The van der Waals surface area contributed by atoms with Gasteiger partial charge in [0.1, 0.15) is 6.79 Å². The average molecular weight is 481 g/mol. The second-order valence-electron chi connectivity index (χ2n) is 10.1. The van der Waals surface area contributed by atoms with E-state index in [-0.39, 0.29) is 5.04 Å². The van der Waals surface area contributed by atoms with E-state index in [1.54, 1.807) is 7.11 Å². The van der Waals surface area contributed by atoms with E-state index in [2.05, 4.69) is 114 Å². The monoisotopic (exact) mass is 480 g/mol. The van der Waals surface area contributed by atoms with Gasteiger partial charge in [-0.1, -0.05) is 112 Å². The molecule has 34 heavy (non-hydrogen) atoms. The van der Waals surface area contributed by atoms with Crippen LogP contribution in [-0.4, -0.2) is 35.4 Å². The number of benzene rings is 2. The number of hydrogen-bond acceptors (Lipinski definition) is 3. The van der Waals surface area contributed by atoms with Gasteiger partial charge < -0.3 is 13.9 Å². The normalized spacial score (nSPS) is 14.0. The maximum absolute atomic E-state index is 7.07. The van der Waals surface area contributed by atoms with E-state index in [1.807, 2.05) is 0 Å². The van der Waals surface area contributed by atoms with Crippen LogP contribution in [-0.2, 0) is 13.9 Å². The Balaban J connectivity index is 2.07. The molecule has 0 spiro atoms. The summed E-state index contributed by atoms with van der Waals surface area (Å²) < 4.78 is 17.3. The first-order valence-corrected chi connectivity index (χ1v) is 14.4. The van der Waals surface area contributed by atoms with Crippen LogP contribution in [0.4, 0.5) is 0 Å². The highest BCUT2D eigenvalue weighted by Gasteiger charge is 2.50. The van der Waals surface area contributed by atoms with Gasteiger partial charge in [-0.2, -0.15) is 0 Å². The van der Waals surface area contributed by atoms with E-state index in [0.29, 0.717) is 19.3 Å². The van der Waals surface area contributed by atoms with Crippen LogP contribution in [0.2, 0.25) is 5.04 Å². The predicted molar refractivity (Wildman–Crippen MR) is 147 cm³/mol. The Morgan fingerprint density at radius 1 is 0.941 bits per heavy atom. The maximum Gasteiger partial charge on any atom is 0.261 e. The molecule has 2 aromatic carbocycles. The van der Waals surface area contributed by atoms with Crippen molar-refractivity contribution in [2.75, 3.05) is 27.1 Å². The Kier molecular flexibility index (Phi) is 12.0. The fourth-order valence-electron chi connectivity index (χ4n) is 4.45. The lowest BCUT2D eigenvalue weighted by molar-refractivity contribution is -0.0308. The highest BCUT2D eigenvalue weighted by Crippen LogP contribution is 2.37. The molecule has 4 heteroatoms. The molecular formula is C30H44O3Si. The molecule has 0 aromatic heterocycles. The van der Waals surface area contributed by atoms with E-state index in [9.17, 15) is 0 Å². The molecule has 1 atom stereocenters. The Morgan fingerprint density at radius 3 is 2.06 bits per heavy atom.